The Bertz CT molecular complexity index is 544. The molecule has 2 rings (SSSR count). The lowest BCUT2D eigenvalue weighted by Gasteiger charge is -2.40. The number of likely N-dealkylation sites (N-methyl/N-ethyl adjacent to an activating group) is 1. The summed E-state index contributed by atoms with van der Waals surface area (Å²) in [6.45, 7) is 0.794. The first-order chi connectivity index (χ1) is 10.1. The molecule has 0 aromatic carbocycles. The van der Waals surface area contributed by atoms with Gasteiger partial charge in [0.2, 0.25) is 5.56 Å². The van der Waals surface area contributed by atoms with E-state index in [9.17, 15) is 9.59 Å². The van der Waals surface area contributed by atoms with Gasteiger partial charge in [-0.1, -0.05) is 0 Å². The molecule has 0 saturated carbocycles. The Balaban J connectivity index is 2.19. The van der Waals surface area contributed by atoms with E-state index in [0.717, 1.165) is 0 Å². The van der Waals surface area contributed by atoms with E-state index < -0.39 is 0 Å². The number of carbonyl (C=O) groups is 1. The van der Waals surface area contributed by atoms with Crippen molar-refractivity contribution in [2.45, 2.75) is 18.2 Å². The van der Waals surface area contributed by atoms with E-state index >= 15 is 0 Å². The number of methoxy groups -OCH3 is 2. The summed E-state index contributed by atoms with van der Waals surface area (Å²) in [4.78, 5) is 27.8. The molecule has 1 aliphatic heterocycles. The van der Waals surface area contributed by atoms with Gasteiger partial charge in [0, 0.05) is 39.1 Å². The molecule has 0 bridgehead atoms. The maximum absolute atomic E-state index is 12.5. The highest BCUT2D eigenvalue weighted by atomic mass is 16.6. The van der Waals surface area contributed by atoms with Crippen LogP contribution in [0.15, 0.2) is 23.1 Å². The first-order valence-corrected chi connectivity index (χ1v) is 6.67. The second kappa shape index (κ2) is 6.84. The molecule has 3 atom stereocenters. The van der Waals surface area contributed by atoms with Crippen molar-refractivity contribution in [2.24, 2.45) is 0 Å². The number of ether oxygens (including phenoxy) is 3. The van der Waals surface area contributed by atoms with E-state index in [1.165, 1.54) is 17.2 Å². The fourth-order valence-corrected chi connectivity index (χ4v) is 2.52. The summed E-state index contributed by atoms with van der Waals surface area (Å²) >= 11 is 0. The topological polar surface area (TPSA) is 80.9 Å². The molecular formula is C14H20N2O5. The SMILES string of the molecule is CO[C@H]1[C@H](N(C)C(=O)c2cc[nH]c(=O)c2)COC[C@H]1OC. The van der Waals surface area contributed by atoms with Gasteiger partial charge >= 0.3 is 0 Å². The third-order valence-corrected chi connectivity index (χ3v) is 3.73. The Kier molecular flexibility index (Phi) is 5.11. The van der Waals surface area contributed by atoms with Gasteiger partial charge in [0.15, 0.2) is 0 Å². The summed E-state index contributed by atoms with van der Waals surface area (Å²) in [5, 5.41) is 0. The molecule has 1 fully saturated rings. The van der Waals surface area contributed by atoms with Gasteiger partial charge in [0.1, 0.15) is 12.2 Å². The summed E-state index contributed by atoms with van der Waals surface area (Å²) in [6, 6.07) is 2.57. The van der Waals surface area contributed by atoms with Gasteiger partial charge in [0.25, 0.3) is 5.91 Å². The Hall–Kier alpha value is -1.70. The summed E-state index contributed by atoms with van der Waals surface area (Å²) in [5.41, 5.74) is 0.0165. The highest BCUT2D eigenvalue weighted by molar-refractivity contribution is 5.94. The van der Waals surface area contributed by atoms with Crippen LogP contribution in [0.5, 0.6) is 0 Å². The number of pyridine rings is 1. The van der Waals surface area contributed by atoms with Crippen molar-refractivity contribution in [3.8, 4) is 0 Å². The minimum atomic E-state index is -0.313. The number of carbonyl (C=O) groups excluding carboxylic acids is 1. The van der Waals surface area contributed by atoms with E-state index in [-0.39, 0.29) is 29.7 Å². The van der Waals surface area contributed by atoms with Crippen molar-refractivity contribution in [1.82, 2.24) is 9.88 Å². The summed E-state index contributed by atoms with van der Waals surface area (Å²) in [6.07, 6.45) is 0.940. The van der Waals surface area contributed by atoms with E-state index in [1.807, 2.05) is 0 Å². The predicted molar refractivity (Wildman–Crippen MR) is 75.4 cm³/mol. The van der Waals surface area contributed by atoms with Crippen LogP contribution in [0.25, 0.3) is 0 Å². The van der Waals surface area contributed by atoms with Crippen LogP contribution in [-0.2, 0) is 14.2 Å². The molecule has 1 amide bonds. The third kappa shape index (κ3) is 3.31. The number of nitrogens with zero attached hydrogens (tertiary/aromatic N) is 1. The molecule has 0 unspecified atom stereocenters. The maximum atomic E-state index is 12.5. The average Bonchev–Trinajstić information content (AvgIpc) is 2.52. The van der Waals surface area contributed by atoms with Gasteiger partial charge in [-0.05, 0) is 6.07 Å². The number of hydrogen-bond acceptors (Lipinski definition) is 5. The molecule has 2 heterocycles. The maximum Gasteiger partial charge on any atom is 0.254 e. The van der Waals surface area contributed by atoms with Crippen LogP contribution in [0.4, 0.5) is 0 Å². The molecule has 116 valence electrons. The molecule has 21 heavy (non-hydrogen) atoms. The van der Waals surface area contributed by atoms with Crippen molar-refractivity contribution in [1.29, 1.82) is 0 Å². The zero-order valence-electron chi connectivity index (χ0n) is 12.4. The van der Waals surface area contributed by atoms with Crippen LogP contribution in [0, 0.1) is 0 Å². The minimum Gasteiger partial charge on any atom is -0.376 e. The van der Waals surface area contributed by atoms with Crippen LogP contribution in [0.2, 0.25) is 0 Å². The van der Waals surface area contributed by atoms with Crippen LogP contribution in [-0.4, -0.2) is 68.5 Å². The molecule has 0 radical (unpaired) electrons. The molecule has 0 aliphatic carbocycles. The second-order valence-corrected chi connectivity index (χ2v) is 4.94. The number of aromatic amines is 1. The molecule has 0 spiro atoms. The van der Waals surface area contributed by atoms with E-state index in [0.29, 0.717) is 18.8 Å². The Morgan fingerprint density at radius 3 is 2.76 bits per heavy atom. The zero-order chi connectivity index (χ0) is 15.4. The Labute approximate surface area is 122 Å². The van der Waals surface area contributed by atoms with Gasteiger partial charge in [-0.3, -0.25) is 9.59 Å². The van der Waals surface area contributed by atoms with Gasteiger partial charge in [-0.15, -0.1) is 0 Å². The Morgan fingerprint density at radius 1 is 1.38 bits per heavy atom. The lowest BCUT2D eigenvalue weighted by atomic mass is 10.0. The van der Waals surface area contributed by atoms with Crippen molar-refractivity contribution in [2.75, 3.05) is 34.5 Å². The van der Waals surface area contributed by atoms with Crippen LogP contribution >= 0.6 is 0 Å². The molecular weight excluding hydrogens is 276 g/mol. The molecule has 7 heteroatoms. The summed E-state index contributed by atoms with van der Waals surface area (Å²) in [5.74, 6) is -0.256. The molecule has 1 aromatic heterocycles. The molecule has 1 N–H and O–H groups in total. The van der Waals surface area contributed by atoms with Gasteiger partial charge in [-0.25, -0.2) is 0 Å². The highest BCUT2D eigenvalue weighted by Gasteiger charge is 2.38. The lowest BCUT2D eigenvalue weighted by Crippen LogP contribution is -2.57. The molecule has 1 aliphatic rings. The van der Waals surface area contributed by atoms with Gasteiger partial charge in [-0.2, -0.15) is 0 Å². The predicted octanol–water partition coefficient (Wildman–Crippen LogP) is -0.124. The fourth-order valence-electron chi connectivity index (χ4n) is 2.52. The number of rotatable bonds is 4. The van der Waals surface area contributed by atoms with Crippen LogP contribution in [0.1, 0.15) is 10.4 Å². The molecule has 7 nitrogen and oxygen atoms in total. The van der Waals surface area contributed by atoms with E-state index in [1.54, 1.807) is 27.3 Å². The minimum absolute atomic E-state index is 0.233. The van der Waals surface area contributed by atoms with E-state index in [2.05, 4.69) is 4.98 Å². The fraction of sp³-hybridized carbons (Fsp3) is 0.571. The first-order valence-electron chi connectivity index (χ1n) is 6.67. The van der Waals surface area contributed by atoms with Crippen molar-refractivity contribution in [3.05, 3.63) is 34.2 Å². The number of amides is 1. The van der Waals surface area contributed by atoms with Crippen molar-refractivity contribution >= 4 is 5.91 Å². The van der Waals surface area contributed by atoms with Crippen molar-refractivity contribution in [3.63, 3.8) is 0 Å². The van der Waals surface area contributed by atoms with Crippen molar-refractivity contribution < 1.29 is 19.0 Å². The third-order valence-electron chi connectivity index (χ3n) is 3.73. The van der Waals surface area contributed by atoms with Gasteiger partial charge < -0.3 is 24.1 Å². The van der Waals surface area contributed by atoms with Gasteiger partial charge in [0.05, 0.1) is 19.3 Å². The zero-order valence-corrected chi connectivity index (χ0v) is 12.4. The smallest absolute Gasteiger partial charge is 0.254 e. The van der Waals surface area contributed by atoms with Crippen LogP contribution < -0.4 is 5.56 Å². The highest BCUT2D eigenvalue weighted by Crippen LogP contribution is 2.20. The van der Waals surface area contributed by atoms with E-state index in [4.69, 9.17) is 14.2 Å². The molecule has 1 aromatic rings. The summed E-state index contributed by atoms with van der Waals surface area (Å²) in [7, 11) is 4.84. The first kappa shape index (κ1) is 15.7. The quantitative estimate of drug-likeness (QED) is 0.837. The number of hydrogen-bond donors (Lipinski definition) is 1. The summed E-state index contributed by atoms with van der Waals surface area (Å²) < 4.78 is 16.3. The average molecular weight is 296 g/mol. The standard InChI is InChI=1S/C14H20N2O5/c1-16(14(18)9-4-5-15-12(17)6-9)10-7-21-8-11(19-2)13(10)20-3/h4-6,10-11,13H,7-8H2,1-3H3,(H,15,17)/t10-,11-,13+/m1/s1. The molecule has 1 saturated heterocycles. The number of aromatic nitrogens is 1. The second-order valence-electron chi connectivity index (χ2n) is 4.94. The lowest BCUT2D eigenvalue weighted by molar-refractivity contribution is -0.147. The number of H-pyrrole nitrogens is 1. The largest absolute Gasteiger partial charge is 0.376 e. The monoisotopic (exact) mass is 296 g/mol. The van der Waals surface area contributed by atoms with Crippen LogP contribution in [0.3, 0.4) is 0 Å². The number of nitrogens with one attached hydrogen (secondary N) is 1. The normalized spacial score (nSPS) is 25.6. The Morgan fingerprint density at radius 2 is 2.14 bits per heavy atom.